The Balaban J connectivity index is 1.89. The van der Waals surface area contributed by atoms with Crippen LogP contribution in [0.2, 0.25) is 0 Å². The van der Waals surface area contributed by atoms with Crippen LogP contribution >= 0.6 is 23.1 Å². The monoisotopic (exact) mass is 374 g/mol. The van der Waals surface area contributed by atoms with E-state index in [1.165, 1.54) is 30.0 Å². The number of hydrogen-bond donors (Lipinski definition) is 1. The summed E-state index contributed by atoms with van der Waals surface area (Å²) >= 11 is 2.63. The maximum absolute atomic E-state index is 12.2. The molecule has 0 aliphatic carbocycles. The molecule has 25 heavy (non-hydrogen) atoms. The molecule has 1 N–H and O–H groups in total. The van der Waals surface area contributed by atoms with Crippen LogP contribution in [-0.4, -0.2) is 23.2 Å². The van der Waals surface area contributed by atoms with E-state index in [0.29, 0.717) is 10.6 Å². The van der Waals surface area contributed by atoms with Gasteiger partial charge in [-0.05, 0) is 44.4 Å². The van der Waals surface area contributed by atoms with Crippen LogP contribution in [0.4, 0.5) is 5.00 Å². The fourth-order valence-corrected chi connectivity index (χ4v) is 3.49. The maximum Gasteiger partial charge on any atom is 0.319 e. The van der Waals surface area contributed by atoms with Gasteiger partial charge in [0, 0.05) is 4.90 Å². The number of nitriles is 1. The van der Waals surface area contributed by atoms with Gasteiger partial charge in [-0.3, -0.25) is 9.59 Å². The maximum atomic E-state index is 12.2. The van der Waals surface area contributed by atoms with Crippen molar-refractivity contribution in [2.24, 2.45) is 0 Å². The molecule has 0 saturated heterocycles. The van der Waals surface area contributed by atoms with Gasteiger partial charge in [-0.1, -0.05) is 17.7 Å². The van der Waals surface area contributed by atoms with Gasteiger partial charge in [-0.15, -0.1) is 23.1 Å². The Bertz CT molecular complexity index is 793. The van der Waals surface area contributed by atoms with E-state index in [2.05, 4.69) is 5.32 Å². The molecule has 0 aliphatic heterocycles. The molecule has 0 fully saturated rings. The SMILES string of the molecule is Cc1ccc(S[C@@H](C)C(=O)O[C@@H](C)C(=O)Nc2sccc2C#N)cc1. The highest BCUT2D eigenvalue weighted by atomic mass is 32.2. The van der Waals surface area contributed by atoms with E-state index in [1.807, 2.05) is 37.3 Å². The number of rotatable bonds is 6. The summed E-state index contributed by atoms with van der Waals surface area (Å²) < 4.78 is 5.24. The highest BCUT2D eigenvalue weighted by molar-refractivity contribution is 8.00. The van der Waals surface area contributed by atoms with Gasteiger partial charge in [0.15, 0.2) is 6.10 Å². The Morgan fingerprint density at radius 1 is 1.24 bits per heavy atom. The second kappa shape index (κ2) is 8.70. The Labute approximate surface area is 155 Å². The van der Waals surface area contributed by atoms with E-state index >= 15 is 0 Å². The molecule has 1 aromatic heterocycles. The number of ether oxygens (including phenoxy) is 1. The summed E-state index contributed by atoms with van der Waals surface area (Å²) in [7, 11) is 0. The number of amides is 1. The topological polar surface area (TPSA) is 79.2 Å². The third kappa shape index (κ3) is 5.34. The lowest BCUT2D eigenvalue weighted by atomic mass is 10.2. The molecule has 0 unspecified atom stereocenters. The minimum absolute atomic E-state index is 0.389. The average molecular weight is 374 g/mol. The van der Waals surface area contributed by atoms with E-state index in [-0.39, 0.29) is 0 Å². The van der Waals surface area contributed by atoms with E-state index in [4.69, 9.17) is 10.00 Å². The summed E-state index contributed by atoms with van der Waals surface area (Å²) in [6, 6.07) is 11.5. The van der Waals surface area contributed by atoms with E-state index in [0.717, 1.165) is 10.5 Å². The van der Waals surface area contributed by atoms with Crippen molar-refractivity contribution in [3.63, 3.8) is 0 Å². The number of esters is 1. The summed E-state index contributed by atoms with van der Waals surface area (Å²) in [5.74, 6) is -0.917. The third-order valence-corrected chi connectivity index (χ3v) is 5.27. The number of thiophene rings is 1. The molecular formula is C18H18N2O3S2. The normalized spacial score (nSPS) is 12.7. The van der Waals surface area contributed by atoms with Crippen molar-refractivity contribution in [3.8, 4) is 6.07 Å². The summed E-state index contributed by atoms with van der Waals surface area (Å²) in [6.07, 6.45) is -0.942. The van der Waals surface area contributed by atoms with Gasteiger partial charge in [0.25, 0.3) is 5.91 Å². The van der Waals surface area contributed by atoms with Gasteiger partial charge < -0.3 is 10.1 Å². The lowest BCUT2D eigenvalue weighted by Crippen LogP contribution is -2.32. The van der Waals surface area contributed by atoms with Gasteiger partial charge in [-0.25, -0.2) is 0 Å². The number of thioether (sulfide) groups is 1. The lowest BCUT2D eigenvalue weighted by Gasteiger charge is -2.16. The molecule has 1 amide bonds. The summed E-state index contributed by atoms with van der Waals surface area (Å²) in [5.41, 5.74) is 1.54. The predicted octanol–water partition coefficient (Wildman–Crippen LogP) is 3.98. The standard InChI is InChI=1S/C18H18N2O3S2/c1-11-4-6-15(7-5-11)25-13(3)18(22)23-12(2)16(21)20-17-14(10-19)8-9-24-17/h4-9,12-13H,1-3H3,(H,20,21)/t12-,13-/m0/s1. The molecule has 0 aliphatic rings. The fourth-order valence-electron chi connectivity index (χ4n) is 1.90. The first-order valence-corrected chi connectivity index (χ1v) is 9.39. The van der Waals surface area contributed by atoms with E-state index in [9.17, 15) is 9.59 Å². The van der Waals surface area contributed by atoms with Crippen molar-refractivity contribution >= 4 is 40.0 Å². The van der Waals surface area contributed by atoms with Crippen molar-refractivity contribution < 1.29 is 14.3 Å². The van der Waals surface area contributed by atoms with Gasteiger partial charge in [0.2, 0.25) is 0 Å². The number of nitrogens with zero attached hydrogens (tertiary/aromatic N) is 1. The molecule has 2 atom stereocenters. The van der Waals surface area contributed by atoms with E-state index in [1.54, 1.807) is 18.4 Å². The molecular weight excluding hydrogens is 356 g/mol. The molecule has 0 spiro atoms. The van der Waals surface area contributed by atoms with Gasteiger partial charge >= 0.3 is 5.97 Å². The number of hydrogen-bond acceptors (Lipinski definition) is 6. The Morgan fingerprint density at radius 3 is 2.56 bits per heavy atom. The summed E-state index contributed by atoms with van der Waals surface area (Å²) in [6.45, 7) is 5.25. The third-order valence-electron chi connectivity index (χ3n) is 3.35. The second-order valence-electron chi connectivity index (χ2n) is 5.42. The zero-order valence-corrected chi connectivity index (χ0v) is 15.7. The van der Waals surface area contributed by atoms with Gasteiger partial charge in [0.05, 0.1) is 5.56 Å². The van der Waals surface area contributed by atoms with Crippen molar-refractivity contribution in [1.29, 1.82) is 5.26 Å². The number of aryl methyl sites for hydroxylation is 1. The number of nitrogens with one attached hydrogen (secondary N) is 1. The van der Waals surface area contributed by atoms with Gasteiger partial charge in [0.1, 0.15) is 16.3 Å². The first-order valence-electron chi connectivity index (χ1n) is 7.63. The van der Waals surface area contributed by atoms with Crippen LogP contribution in [0.15, 0.2) is 40.6 Å². The molecule has 2 rings (SSSR count). The fraction of sp³-hybridized carbons (Fsp3) is 0.278. The summed E-state index contributed by atoms with van der Waals surface area (Å²) in [4.78, 5) is 25.3. The van der Waals surface area contributed by atoms with Crippen LogP contribution in [0.5, 0.6) is 0 Å². The first-order chi connectivity index (χ1) is 11.9. The molecule has 2 aromatic rings. The lowest BCUT2D eigenvalue weighted by molar-refractivity contribution is -0.152. The van der Waals surface area contributed by atoms with Crippen LogP contribution in [0.1, 0.15) is 25.0 Å². The Hall–Kier alpha value is -2.30. The predicted molar refractivity (Wildman–Crippen MR) is 99.7 cm³/mol. The number of carbonyl (C=O) groups excluding carboxylic acids is 2. The number of carbonyl (C=O) groups is 2. The molecule has 7 heteroatoms. The van der Waals surface area contributed by atoms with Crippen LogP contribution in [-0.2, 0) is 14.3 Å². The molecule has 0 saturated carbocycles. The molecule has 1 heterocycles. The zero-order chi connectivity index (χ0) is 18.4. The molecule has 1 aromatic carbocycles. The zero-order valence-electron chi connectivity index (χ0n) is 14.1. The van der Waals surface area contributed by atoms with Crippen molar-refractivity contribution in [2.45, 2.75) is 37.0 Å². The minimum atomic E-state index is -0.942. The van der Waals surface area contributed by atoms with Crippen molar-refractivity contribution in [3.05, 3.63) is 46.8 Å². The molecule has 130 valence electrons. The molecule has 0 radical (unpaired) electrons. The smallest absolute Gasteiger partial charge is 0.319 e. The highest BCUT2D eigenvalue weighted by Gasteiger charge is 2.23. The Kier molecular flexibility index (Phi) is 6.62. The number of benzene rings is 1. The van der Waals surface area contributed by atoms with Crippen molar-refractivity contribution in [1.82, 2.24) is 0 Å². The van der Waals surface area contributed by atoms with Crippen molar-refractivity contribution in [2.75, 3.05) is 5.32 Å². The Morgan fingerprint density at radius 2 is 1.92 bits per heavy atom. The van der Waals surface area contributed by atoms with Crippen LogP contribution in [0.25, 0.3) is 0 Å². The van der Waals surface area contributed by atoms with Crippen LogP contribution in [0, 0.1) is 18.3 Å². The minimum Gasteiger partial charge on any atom is -0.452 e. The summed E-state index contributed by atoms with van der Waals surface area (Å²) in [5, 5.41) is 13.3. The number of anilines is 1. The van der Waals surface area contributed by atoms with E-state index < -0.39 is 23.2 Å². The van der Waals surface area contributed by atoms with Crippen LogP contribution in [0.3, 0.4) is 0 Å². The first kappa shape index (κ1) is 19.0. The van der Waals surface area contributed by atoms with Gasteiger partial charge in [-0.2, -0.15) is 5.26 Å². The molecule has 5 nitrogen and oxygen atoms in total. The largest absolute Gasteiger partial charge is 0.452 e. The molecule has 0 bridgehead atoms. The highest BCUT2D eigenvalue weighted by Crippen LogP contribution is 2.25. The van der Waals surface area contributed by atoms with Crippen LogP contribution < -0.4 is 5.32 Å². The quantitative estimate of drug-likeness (QED) is 0.611. The average Bonchev–Trinajstić information content (AvgIpc) is 3.03. The second-order valence-corrected chi connectivity index (χ2v) is 7.75.